The van der Waals surface area contributed by atoms with E-state index in [1.165, 1.54) is 0 Å². The molecular weight excluding hydrogens is 396 g/mol. The Morgan fingerprint density at radius 2 is 2.00 bits per heavy atom. The third kappa shape index (κ3) is 5.25. The number of likely N-dealkylation sites (N-methyl/N-ethyl adjacent to an activating group) is 1. The van der Waals surface area contributed by atoms with Crippen molar-refractivity contribution in [1.82, 2.24) is 19.2 Å². The summed E-state index contributed by atoms with van der Waals surface area (Å²) in [6.07, 6.45) is 1.67. The van der Waals surface area contributed by atoms with Crippen molar-refractivity contribution >= 4 is 23.8 Å². The molecule has 0 spiro atoms. The summed E-state index contributed by atoms with van der Waals surface area (Å²) in [5.41, 5.74) is 0. The van der Waals surface area contributed by atoms with E-state index in [4.69, 9.17) is 38.1 Å². The maximum absolute atomic E-state index is 5.89. The maximum Gasteiger partial charge on any atom is 0.199 e. The molecule has 1 aromatic carbocycles. The van der Waals surface area contributed by atoms with Gasteiger partial charge in [0, 0.05) is 17.5 Å². The van der Waals surface area contributed by atoms with Gasteiger partial charge in [-0.1, -0.05) is 25.4 Å². The molecule has 28 heavy (non-hydrogen) atoms. The Kier molecular flexibility index (Phi) is 6.93. The molecule has 3 rings (SSSR count). The standard InChI is InChI=1S/C20H25ClN4O2S/c1-15(2)19-22-25(20(28)24(19)13-18-5-4-11-26-18)14-23(3)10-12-27-17-8-6-16(21)7-9-17/h4-9,11,15H,10,12-14H2,1-3H3. The van der Waals surface area contributed by atoms with E-state index in [9.17, 15) is 0 Å². The Bertz CT molecular complexity index is 932. The monoisotopic (exact) mass is 420 g/mol. The van der Waals surface area contributed by atoms with Crippen LogP contribution in [0.5, 0.6) is 5.75 Å². The molecule has 0 bridgehead atoms. The van der Waals surface area contributed by atoms with Crippen LogP contribution in [0.1, 0.15) is 31.4 Å². The fourth-order valence-corrected chi connectivity index (χ4v) is 3.22. The van der Waals surface area contributed by atoms with Crippen molar-refractivity contribution in [3.8, 4) is 5.75 Å². The van der Waals surface area contributed by atoms with E-state index in [2.05, 4.69) is 18.7 Å². The van der Waals surface area contributed by atoms with Crippen LogP contribution in [-0.4, -0.2) is 39.4 Å². The number of aromatic nitrogens is 3. The summed E-state index contributed by atoms with van der Waals surface area (Å²) in [7, 11) is 2.02. The molecule has 3 aromatic rings. The van der Waals surface area contributed by atoms with Gasteiger partial charge in [-0.25, -0.2) is 4.68 Å². The average Bonchev–Trinajstić information content (AvgIpc) is 3.27. The third-order valence-electron chi connectivity index (χ3n) is 4.29. The molecule has 2 heterocycles. The fourth-order valence-electron chi connectivity index (χ4n) is 2.83. The molecule has 0 amide bonds. The maximum atomic E-state index is 5.89. The smallest absolute Gasteiger partial charge is 0.199 e. The molecule has 0 atom stereocenters. The Morgan fingerprint density at radius 3 is 2.64 bits per heavy atom. The van der Waals surface area contributed by atoms with Crippen LogP contribution in [0.4, 0.5) is 0 Å². The van der Waals surface area contributed by atoms with Crippen molar-refractivity contribution in [2.45, 2.75) is 33.0 Å². The summed E-state index contributed by atoms with van der Waals surface area (Å²) >= 11 is 11.6. The van der Waals surface area contributed by atoms with Crippen molar-refractivity contribution < 1.29 is 9.15 Å². The van der Waals surface area contributed by atoms with Gasteiger partial charge in [0.05, 0.1) is 19.5 Å². The molecule has 0 fully saturated rings. The zero-order valence-electron chi connectivity index (χ0n) is 16.3. The molecule has 0 saturated heterocycles. The van der Waals surface area contributed by atoms with Crippen molar-refractivity contribution in [1.29, 1.82) is 0 Å². The van der Waals surface area contributed by atoms with Gasteiger partial charge in [-0.3, -0.25) is 9.47 Å². The van der Waals surface area contributed by atoms with Crippen LogP contribution in [-0.2, 0) is 13.2 Å². The normalized spacial score (nSPS) is 11.5. The largest absolute Gasteiger partial charge is 0.492 e. The highest BCUT2D eigenvalue weighted by atomic mass is 35.5. The van der Waals surface area contributed by atoms with Gasteiger partial charge in [0.1, 0.15) is 23.9 Å². The summed E-state index contributed by atoms with van der Waals surface area (Å²) in [4.78, 5) is 2.13. The van der Waals surface area contributed by atoms with Crippen LogP contribution >= 0.6 is 23.8 Å². The molecule has 0 unspecified atom stereocenters. The Balaban J connectivity index is 1.62. The quantitative estimate of drug-likeness (QED) is 0.465. The molecule has 0 radical (unpaired) electrons. The fraction of sp³-hybridized carbons (Fsp3) is 0.400. The average molecular weight is 421 g/mol. The molecule has 150 valence electrons. The Labute approximate surface area is 175 Å². The minimum Gasteiger partial charge on any atom is -0.492 e. The molecule has 0 aliphatic heterocycles. The zero-order valence-corrected chi connectivity index (χ0v) is 17.9. The molecule has 0 aliphatic carbocycles. The van der Waals surface area contributed by atoms with Crippen LogP contribution in [0.3, 0.4) is 0 Å². The predicted molar refractivity (Wildman–Crippen MR) is 113 cm³/mol. The van der Waals surface area contributed by atoms with Gasteiger partial charge in [0.25, 0.3) is 0 Å². The third-order valence-corrected chi connectivity index (χ3v) is 4.98. The highest BCUT2D eigenvalue weighted by Gasteiger charge is 2.16. The van der Waals surface area contributed by atoms with Gasteiger partial charge in [-0.15, -0.1) is 0 Å². The Morgan fingerprint density at radius 1 is 1.25 bits per heavy atom. The predicted octanol–water partition coefficient (Wildman–Crippen LogP) is 4.80. The number of hydrogen-bond acceptors (Lipinski definition) is 5. The number of benzene rings is 1. The number of nitrogens with zero attached hydrogens (tertiary/aromatic N) is 4. The first-order valence-corrected chi connectivity index (χ1v) is 9.99. The van der Waals surface area contributed by atoms with Gasteiger partial charge in [-0.05, 0) is 55.7 Å². The first kappa shape index (κ1) is 20.6. The summed E-state index contributed by atoms with van der Waals surface area (Å²) < 4.78 is 15.8. The lowest BCUT2D eigenvalue weighted by molar-refractivity contribution is 0.197. The SMILES string of the molecule is CC(C)c1nn(CN(C)CCOc2ccc(Cl)cc2)c(=S)n1Cc1ccco1. The molecule has 0 aliphatic rings. The first-order valence-electron chi connectivity index (χ1n) is 9.21. The van der Waals surface area contributed by atoms with Crippen molar-refractivity contribution in [2.75, 3.05) is 20.2 Å². The lowest BCUT2D eigenvalue weighted by atomic mass is 10.2. The van der Waals surface area contributed by atoms with Gasteiger partial charge in [-0.2, -0.15) is 5.10 Å². The lowest BCUT2D eigenvalue weighted by Crippen LogP contribution is -2.27. The molecule has 6 nitrogen and oxygen atoms in total. The van der Waals surface area contributed by atoms with Gasteiger partial charge < -0.3 is 9.15 Å². The van der Waals surface area contributed by atoms with Crippen LogP contribution in [0.15, 0.2) is 47.1 Å². The van der Waals surface area contributed by atoms with E-state index < -0.39 is 0 Å². The lowest BCUT2D eigenvalue weighted by Gasteiger charge is -2.16. The number of ether oxygens (including phenoxy) is 1. The molecule has 2 aromatic heterocycles. The van der Waals surface area contributed by atoms with E-state index in [1.807, 2.05) is 52.7 Å². The van der Waals surface area contributed by atoms with Crippen LogP contribution in [0.25, 0.3) is 0 Å². The second kappa shape index (κ2) is 9.41. The number of hydrogen-bond donors (Lipinski definition) is 0. The van der Waals surface area contributed by atoms with Crippen molar-refractivity contribution in [3.05, 3.63) is 64.0 Å². The summed E-state index contributed by atoms with van der Waals surface area (Å²) in [5, 5.41) is 5.44. The molecule has 0 N–H and O–H groups in total. The molecule has 0 saturated carbocycles. The van der Waals surface area contributed by atoms with Crippen LogP contribution < -0.4 is 4.74 Å². The van der Waals surface area contributed by atoms with Crippen molar-refractivity contribution in [3.63, 3.8) is 0 Å². The summed E-state index contributed by atoms with van der Waals surface area (Å²) in [5.74, 6) is 2.88. The topological polar surface area (TPSA) is 48.4 Å². The first-order chi connectivity index (χ1) is 13.4. The summed E-state index contributed by atoms with van der Waals surface area (Å²) in [6, 6.07) is 11.2. The zero-order chi connectivity index (χ0) is 20.1. The second-order valence-corrected chi connectivity index (χ2v) is 7.79. The van der Waals surface area contributed by atoms with Crippen molar-refractivity contribution in [2.24, 2.45) is 0 Å². The minimum absolute atomic E-state index is 0.261. The van der Waals surface area contributed by atoms with E-state index in [1.54, 1.807) is 6.26 Å². The molecule has 8 heteroatoms. The molecular formula is C20H25ClN4O2S. The van der Waals surface area contributed by atoms with Gasteiger partial charge in [0.15, 0.2) is 4.77 Å². The summed E-state index contributed by atoms with van der Waals surface area (Å²) in [6.45, 7) is 6.71. The Hall–Kier alpha value is -2.09. The highest BCUT2D eigenvalue weighted by Crippen LogP contribution is 2.17. The second-order valence-electron chi connectivity index (χ2n) is 6.98. The number of rotatable bonds is 9. The number of furan rings is 1. The minimum atomic E-state index is 0.261. The number of halogens is 1. The van der Waals surface area contributed by atoms with Crippen LogP contribution in [0.2, 0.25) is 5.02 Å². The van der Waals surface area contributed by atoms with E-state index in [0.29, 0.717) is 29.6 Å². The highest BCUT2D eigenvalue weighted by molar-refractivity contribution is 7.71. The van der Waals surface area contributed by atoms with Gasteiger partial charge in [0.2, 0.25) is 0 Å². The van der Waals surface area contributed by atoms with Crippen LogP contribution in [0, 0.1) is 4.77 Å². The van der Waals surface area contributed by atoms with E-state index in [-0.39, 0.29) is 5.92 Å². The van der Waals surface area contributed by atoms with E-state index >= 15 is 0 Å². The van der Waals surface area contributed by atoms with Gasteiger partial charge >= 0.3 is 0 Å². The van der Waals surface area contributed by atoms with E-state index in [0.717, 1.165) is 23.9 Å².